The molecule has 0 saturated heterocycles. The Kier molecular flexibility index (Phi) is 7.35. The molecule has 6 nitrogen and oxygen atoms in total. The number of benzene rings is 1. The average Bonchev–Trinajstić information content (AvgIpc) is 2.67. The van der Waals surface area contributed by atoms with Gasteiger partial charge in [-0.15, -0.1) is 0 Å². The summed E-state index contributed by atoms with van der Waals surface area (Å²) in [5.41, 5.74) is 2.45. The van der Waals surface area contributed by atoms with Crippen LogP contribution in [0.4, 0.5) is 9.18 Å². The third-order valence-corrected chi connectivity index (χ3v) is 4.50. The summed E-state index contributed by atoms with van der Waals surface area (Å²) < 4.78 is 14.1. The van der Waals surface area contributed by atoms with Gasteiger partial charge < -0.3 is 15.5 Å². The first kappa shape index (κ1) is 20.4. The topological polar surface area (TPSA) is 85.2 Å². The molecule has 0 aromatic heterocycles. The zero-order valence-electron chi connectivity index (χ0n) is 15.7. The second-order valence-corrected chi connectivity index (χ2v) is 6.58. The van der Waals surface area contributed by atoms with E-state index in [0.717, 1.165) is 17.6 Å². The molecule has 1 aromatic carbocycles. The van der Waals surface area contributed by atoms with E-state index < -0.39 is 6.04 Å². The molecule has 2 rings (SSSR count). The van der Waals surface area contributed by atoms with Crippen LogP contribution in [0.5, 0.6) is 0 Å². The van der Waals surface area contributed by atoms with Crippen molar-refractivity contribution in [2.75, 3.05) is 19.6 Å². The van der Waals surface area contributed by atoms with Gasteiger partial charge in [-0.05, 0) is 37.5 Å². The first-order valence-electron chi connectivity index (χ1n) is 9.12. The number of carbonyl (C=O) groups is 2. The van der Waals surface area contributed by atoms with Crippen LogP contribution >= 0.6 is 0 Å². The van der Waals surface area contributed by atoms with Crippen molar-refractivity contribution in [3.63, 3.8) is 0 Å². The van der Waals surface area contributed by atoms with Gasteiger partial charge in [-0.25, -0.2) is 9.18 Å². The van der Waals surface area contributed by atoms with Crippen LogP contribution in [-0.4, -0.2) is 42.5 Å². The van der Waals surface area contributed by atoms with E-state index in [-0.39, 0.29) is 24.3 Å². The van der Waals surface area contributed by atoms with Crippen LogP contribution in [0.25, 0.3) is 5.57 Å². The molecule has 1 aliphatic rings. The highest BCUT2D eigenvalue weighted by Crippen LogP contribution is 2.25. The van der Waals surface area contributed by atoms with Crippen LogP contribution in [0, 0.1) is 24.1 Å². The van der Waals surface area contributed by atoms with E-state index in [1.54, 1.807) is 11.0 Å². The fraction of sp³-hybridized carbons (Fsp3) is 0.450. The maximum absolute atomic E-state index is 14.1. The zero-order chi connectivity index (χ0) is 19.8. The third kappa shape index (κ3) is 5.55. The molecule has 27 heavy (non-hydrogen) atoms. The Balaban J connectivity index is 2.00. The van der Waals surface area contributed by atoms with Gasteiger partial charge in [-0.1, -0.05) is 31.1 Å². The van der Waals surface area contributed by atoms with E-state index in [2.05, 4.69) is 10.6 Å². The Bertz CT molecular complexity index is 770. The van der Waals surface area contributed by atoms with Crippen molar-refractivity contribution in [1.29, 1.82) is 5.26 Å². The molecule has 3 amide bonds. The predicted octanol–water partition coefficient (Wildman–Crippen LogP) is 2.74. The lowest BCUT2D eigenvalue weighted by Gasteiger charge is -2.29. The average molecular weight is 372 g/mol. The summed E-state index contributed by atoms with van der Waals surface area (Å²) in [6.07, 6.45) is 3.62. The summed E-state index contributed by atoms with van der Waals surface area (Å²) in [4.78, 5) is 26.2. The van der Waals surface area contributed by atoms with E-state index in [4.69, 9.17) is 5.26 Å². The van der Waals surface area contributed by atoms with Crippen LogP contribution in [0.3, 0.4) is 0 Å². The molecule has 7 heteroatoms. The van der Waals surface area contributed by atoms with Crippen LogP contribution in [0.2, 0.25) is 0 Å². The fourth-order valence-corrected chi connectivity index (χ4v) is 3.03. The van der Waals surface area contributed by atoms with Crippen molar-refractivity contribution < 1.29 is 14.0 Å². The lowest BCUT2D eigenvalue weighted by Crippen LogP contribution is -2.52. The molecule has 0 bridgehead atoms. The molecule has 1 heterocycles. The molecule has 0 aliphatic carbocycles. The summed E-state index contributed by atoms with van der Waals surface area (Å²) >= 11 is 0. The molecule has 0 spiro atoms. The van der Waals surface area contributed by atoms with Gasteiger partial charge in [-0.2, -0.15) is 5.26 Å². The molecule has 1 aliphatic heterocycles. The Morgan fingerprint density at radius 3 is 2.81 bits per heavy atom. The number of hydrogen-bond donors (Lipinski definition) is 2. The fourth-order valence-electron chi connectivity index (χ4n) is 3.03. The van der Waals surface area contributed by atoms with Crippen molar-refractivity contribution in [3.05, 3.63) is 41.2 Å². The quantitative estimate of drug-likeness (QED) is 0.753. The van der Waals surface area contributed by atoms with Gasteiger partial charge in [0.25, 0.3) is 0 Å². The highest BCUT2D eigenvalue weighted by atomic mass is 19.1. The SMILES string of the molecule is CCCC(NC(=O)N1CC=C(c2cc(C)ccc2F)CC1)C(=O)NCC#N. The predicted molar refractivity (Wildman–Crippen MR) is 101 cm³/mol. The van der Waals surface area contributed by atoms with Crippen molar-refractivity contribution >= 4 is 17.5 Å². The van der Waals surface area contributed by atoms with Gasteiger partial charge in [0.15, 0.2) is 0 Å². The number of amides is 3. The minimum atomic E-state index is -0.671. The third-order valence-electron chi connectivity index (χ3n) is 4.50. The molecular weight excluding hydrogens is 347 g/mol. The highest BCUT2D eigenvalue weighted by molar-refractivity contribution is 5.87. The lowest BCUT2D eigenvalue weighted by atomic mass is 9.97. The monoisotopic (exact) mass is 372 g/mol. The largest absolute Gasteiger partial charge is 0.341 e. The van der Waals surface area contributed by atoms with E-state index in [1.165, 1.54) is 6.07 Å². The summed E-state index contributed by atoms with van der Waals surface area (Å²) in [5, 5.41) is 13.8. The number of rotatable bonds is 6. The number of halogens is 1. The number of nitrogens with one attached hydrogen (secondary N) is 2. The van der Waals surface area contributed by atoms with Gasteiger partial charge in [0.1, 0.15) is 18.4 Å². The molecule has 144 valence electrons. The van der Waals surface area contributed by atoms with Crippen LogP contribution in [-0.2, 0) is 4.79 Å². The molecule has 1 unspecified atom stereocenters. The van der Waals surface area contributed by atoms with Crippen molar-refractivity contribution in [3.8, 4) is 6.07 Å². The molecule has 1 atom stereocenters. The highest BCUT2D eigenvalue weighted by Gasteiger charge is 2.24. The first-order valence-corrected chi connectivity index (χ1v) is 9.12. The summed E-state index contributed by atoms with van der Waals surface area (Å²) in [6, 6.07) is 5.84. The molecule has 2 N–H and O–H groups in total. The molecule has 0 saturated carbocycles. The normalized spacial score (nSPS) is 14.7. The van der Waals surface area contributed by atoms with Crippen LogP contribution < -0.4 is 10.6 Å². The minimum Gasteiger partial charge on any atom is -0.341 e. The Hall–Kier alpha value is -2.88. The molecular formula is C20H25FN4O2. The summed E-state index contributed by atoms with van der Waals surface area (Å²) in [6.45, 7) is 4.55. The van der Waals surface area contributed by atoms with Crippen molar-refractivity contribution in [2.45, 2.75) is 39.2 Å². The number of carbonyl (C=O) groups excluding carboxylic acids is 2. The van der Waals surface area contributed by atoms with E-state index in [9.17, 15) is 14.0 Å². The zero-order valence-corrected chi connectivity index (χ0v) is 15.7. The van der Waals surface area contributed by atoms with Gasteiger partial charge in [0.05, 0.1) is 6.07 Å². The molecule has 1 aromatic rings. The molecule has 0 fully saturated rings. The lowest BCUT2D eigenvalue weighted by molar-refractivity contribution is -0.122. The Morgan fingerprint density at radius 1 is 1.41 bits per heavy atom. The number of nitrogens with zero attached hydrogens (tertiary/aromatic N) is 2. The number of hydrogen-bond acceptors (Lipinski definition) is 3. The maximum Gasteiger partial charge on any atom is 0.318 e. The van der Waals surface area contributed by atoms with Crippen molar-refractivity contribution in [1.82, 2.24) is 15.5 Å². The maximum atomic E-state index is 14.1. The van der Waals surface area contributed by atoms with E-state index in [1.807, 2.05) is 32.1 Å². The second kappa shape index (κ2) is 9.72. The van der Waals surface area contributed by atoms with E-state index >= 15 is 0 Å². The summed E-state index contributed by atoms with van der Waals surface area (Å²) in [7, 11) is 0. The van der Waals surface area contributed by atoms with Gasteiger partial charge in [0, 0.05) is 18.7 Å². The van der Waals surface area contributed by atoms with Crippen molar-refractivity contribution in [2.24, 2.45) is 0 Å². The van der Waals surface area contributed by atoms with E-state index in [0.29, 0.717) is 31.5 Å². The van der Waals surface area contributed by atoms with Crippen LogP contribution in [0.1, 0.15) is 37.3 Å². The van der Waals surface area contributed by atoms with Gasteiger partial charge in [0.2, 0.25) is 5.91 Å². The Morgan fingerprint density at radius 2 is 2.19 bits per heavy atom. The molecule has 0 radical (unpaired) electrons. The summed E-state index contributed by atoms with van der Waals surface area (Å²) in [5.74, 6) is -0.622. The standard InChI is InChI=1S/C20H25FN4O2/c1-3-4-18(19(26)23-10-9-22)24-20(27)25-11-7-15(8-12-25)16-13-14(2)5-6-17(16)21/h5-7,13,18H,3-4,8,10-12H2,1-2H3,(H,23,26)(H,24,27). The smallest absolute Gasteiger partial charge is 0.318 e. The number of aryl methyl sites for hydroxylation is 1. The number of urea groups is 1. The number of nitriles is 1. The Labute approximate surface area is 159 Å². The van der Waals surface area contributed by atoms with Gasteiger partial charge >= 0.3 is 6.03 Å². The second-order valence-electron chi connectivity index (χ2n) is 6.58. The first-order chi connectivity index (χ1) is 13.0. The van der Waals surface area contributed by atoms with Gasteiger partial charge in [-0.3, -0.25) is 4.79 Å². The van der Waals surface area contributed by atoms with Crippen LogP contribution in [0.15, 0.2) is 24.3 Å². The minimum absolute atomic E-state index is 0.0905.